The Labute approximate surface area is 134 Å². The molecule has 0 heterocycles. The Balaban J connectivity index is 2.39. The predicted molar refractivity (Wildman–Crippen MR) is 85.1 cm³/mol. The van der Waals surface area contributed by atoms with Crippen molar-refractivity contribution in [1.82, 2.24) is 0 Å². The molecule has 0 saturated carbocycles. The second-order valence-electron chi connectivity index (χ2n) is 4.86. The zero-order valence-electron chi connectivity index (χ0n) is 12.7. The van der Waals surface area contributed by atoms with Crippen LogP contribution in [0.15, 0.2) is 39.4 Å². The Morgan fingerprint density at radius 2 is 1.87 bits per heavy atom. The van der Waals surface area contributed by atoms with Gasteiger partial charge in [-0.25, -0.2) is 0 Å². The predicted octanol–water partition coefficient (Wildman–Crippen LogP) is 3.86. The molecule has 9 nitrogen and oxygen atoms in total. The average molecular weight is 338 g/mol. The third kappa shape index (κ3) is 7.03. The van der Waals surface area contributed by atoms with E-state index in [4.69, 9.17) is 15.2 Å². The van der Waals surface area contributed by atoms with Crippen molar-refractivity contribution < 1.29 is 12.6 Å². The van der Waals surface area contributed by atoms with Gasteiger partial charge >= 0.3 is 0 Å². The first-order valence-electron chi connectivity index (χ1n) is 7.01. The van der Waals surface area contributed by atoms with Crippen molar-refractivity contribution in [3.63, 3.8) is 0 Å². The summed E-state index contributed by atoms with van der Waals surface area (Å²) in [4.78, 5) is 5.42. The van der Waals surface area contributed by atoms with Crippen LogP contribution in [0.5, 0.6) is 0 Å². The van der Waals surface area contributed by atoms with Gasteiger partial charge in [0.25, 0.3) is 10.1 Å². The normalized spacial score (nSPS) is 12.0. The van der Waals surface area contributed by atoms with Gasteiger partial charge in [-0.15, -0.1) is 0 Å². The van der Waals surface area contributed by atoms with Crippen LogP contribution in [0.2, 0.25) is 0 Å². The van der Waals surface area contributed by atoms with Gasteiger partial charge in [0.05, 0.1) is 11.5 Å². The van der Waals surface area contributed by atoms with E-state index in [1.807, 2.05) is 6.92 Å². The van der Waals surface area contributed by atoms with Crippen molar-refractivity contribution in [2.24, 2.45) is 10.2 Å². The van der Waals surface area contributed by atoms with Crippen LogP contribution in [0.4, 0.5) is 0 Å². The van der Waals surface area contributed by atoms with Crippen molar-refractivity contribution >= 4 is 10.1 Å². The van der Waals surface area contributed by atoms with E-state index < -0.39 is 16.2 Å². The van der Waals surface area contributed by atoms with Gasteiger partial charge in [-0.1, -0.05) is 34.3 Å². The summed E-state index contributed by atoms with van der Waals surface area (Å²) in [6, 6.07) is 5.99. The maximum absolute atomic E-state index is 11.9. The van der Waals surface area contributed by atoms with E-state index in [1.54, 1.807) is 12.1 Å². The van der Waals surface area contributed by atoms with Crippen molar-refractivity contribution in [3.05, 3.63) is 50.7 Å². The molecule has 1 aromatic carbocycles. The van der Waals surface area contributed by atoms with E-state index >= 15 is 0 Å². The molecule has 1 aromatic rings. The van der Waals surface area contributed by atoms with E-state index in [9.17, 15) is 8.42 Å². The molecule has 0 aliphatic heterocycles. The number of hydrogen-bond donors (Lipinski definition) is 0. The summed E-state index contributed by atoms with van der Waals surface area (Å²) in [6.07, 6.45) is 1.57. The molecule has 0 fully saturated rings. The summed E-state index contributed by atoms with van der Waals surface area (Å²) in [6.45, 7) is 2.00. The van der Waals surface area contributed by atoms with Crippen molar-refractivity contribution in [2.75, 3.05) is 13.2 Å². The molecule has 0 aliphatic carbocycles. The smallest absolute Gasteiger partial charge is 0.266 e. The molecule has 1 unspecified atom stereocenters. The minimum atomic E-state index is -3.75. The van der Waals surface area contributed by atoms with Gasteiger partial charge in [-0.2, -0.15) is 8.42 Å². The number of azide groups is 2. The highest BCUT2D eigenvalue weighted by molar-refractivity contribution is 7.86. The summed E-state index contributed by atoms with van der Waals surface area (Å²) < 4.78 is 28.8. The van der Waals surface area contributed by atoms with Gasteiger partial charge in [-0.05, 0) is 43.0 Å². The highest BCUT2D eigenvalue weighted by atomic mass is 32.2. The maximum atomic E-state index is 11.9. The quantitative estimate of drug-likeness (QED) is 0.210. The number of rotatable bonds is 10. The molecule has 23 heavy (non-hydrogen) atoms. The topological polar surface area (TPSA) is 141 Å². The van der Waals surface area contributed by atoms with Crippen LogP contribution < -0.4 is 0 Å². The molecule has 0 amide bonds. The molecule has 1 rings (SSSR count). The highest BCUT2D eigenvalue weighted by Crippen LogP contribution is 2.14. The fourth-order valence-electron chi connectivity index (χ4n) is 1.81. The van der Waals surface area contributed by atoms with E-state index in [1.165, 1.54) is 12.1 Å². The van der Waals surface area contributed by atoms with Gasteiger partial charge in [0, 0.05) is 22.4 Å². The van der Waals surface area contributed by atoms with E-state index in [-0.39, 0.29) is 18.0 Å². The number of unbranched alkanes of at least 4 members (excludes halogenated alkanes) is 1. The van der Waals surface area contributed by atoms with Crippen LogP contribution >= 0.6 is 0 Å². The highest BCUT2D eigenvalue weighted by Gasteiger charge is 2.14. The van der Waals surface area contributed by atoms with Crippen LogP contribution in [0.1, 0.15) is 24.8 Å². The first-order valence-corrected chi connectivity index (χ1v) is 8.41. The summed E-state index contributed by atoms with van der Waals surface area (Å²) in [5, 5.41) is 6.88. The van der Waals surface area contributed by atoms with Gasteiger partial charge < -0.3 is 0 Å². The monoisotopic (exact) mass is 338 g/mol. The molecule has 0 saturated heterocycles. The van der Waals surface area contributed by atoms with Crippen LogP contribution in [-0.4, -0.2) is 27.6 Å². The number of aryl methyl sites for hydroxylation is 1. The minimum absolute atomic E-state index is 0.0424. The van der Waals surface area contributed by atoms with Gasteiger partial charge in [-0.3, -0.25) is 4.18 Å². The maximum Gasteiger partial charge on any atom is 0.296 e. The SMILES string of the molecule is Cc1ccc(S(=O)(=O)OCCCCC(CN=[N+]=[N-])N=[N+]=[N-])cc1. The van der Waals surface area contributed by atoms with Crippen LogP contribution in [0.25, 0.3) is 20.9 Å². The lowest BCUT2D eigenvalue weighted by Crippen LogP contribution is -2.10. The first-order chi connectivity index (χ1) is 11.0. The third-order valence-corrected chi connectivity index (χ3v) is 4.38. The Morgan fingerprint density at radius 3 is 2.48 bits per heavy atom. The van der Waals surface area contributed by atoms with Crippen molar-refractivity contribution in [2.45, 2.75) is 37.1 Å². The summed E-state index contributed by atoms with van der Waals surface area (Å²) in [5.41, 5.74) is 17.6. The summed E-state index contributed by atoms with van der Waals surface area (Å²) >= 11 is 0. The zero-order chi connectivity index (χ0) is 17.1. The fraction of sp³-hybridized carbons (Fsp3) is 0.538. The molecule has 0 aliphatic rings. The lowest BCUT2D eigenvalue weighted by Gasteiger charge is -2.08. The zero-order valence-corrected chi connectivity index (χ0v) is 13.6. The van der Waals surface area contributed by atoms with Crippen LogP contribution in [-0.2, 0) is 14.3 Å². The number of hydrogen-bond acceptors (Lipinski definition) is 5. The molecular formula is C13H18N6O3S. The molecule has 0 bridgehead atoms. The second-order valence-corrected chi connectivity index (χ2v) is 6.47. The van der Waals surface area contributed by atoms with Crippen molar-refractivity contribution in [1.29, 1.82) is 0 Å². The Morgan fingerprint density at radius 1 is 1.17 bits per heavy atom. The molecule has 0 N–H and O–H groups in total. The fourth-order valence-corrected chi connectivity index (χ4v) is 2.76. The lowest BCUT2D eigenvalue weighted by molar-refractivity contribution is 0.305. The number of nitrogens with zero attached hydrogens (tertiary/aromatic N) is 6. The van der Waals surface area contributed by atoms with Gasteiger partial charge in [0.1, 0.15) is 0 Å². The molecular weight excluding hydrogens is 320 g/mol. The molecule has 0 spiro atoms. The lowest BCUT2D eigenvalue weighted by atomic mass is 10.1. The molecule has 124 valence electrons. The van der Waals surface area contributed by atoms with E-state index in [0.717, 1.165) is 5.56 Å². The third-order valence-electron chi connectivity index (χ3n) is 3.05. The van der Waals surface area contributed by atoms with Gasteiger partial charge in [0.2, 0.25) is 0 Å². The standard InChI is InChI=1S/C13H18N6O3S/c1-11-5-7-13(8-6-11)23(20,21)22-9-3-2-4-12(17-19-15)10-16-18-14/h5-8,12H,2-4,9-10H2,1H3. The molecule has 0 aromatic heterocycles. The molecule has 1 atom stereocenters. The number of benzene rings is 1. The summed E-state index contributed by atoms with van der Waals surface area (Å²) in [7, 11) is -3.75. The minimum Gasteiger partial charge on any atom is -0.266 e. The largest absolute Gasteiger partial charge is 0.296 e. The van der Waals surface area contributed by atoms with E-state index in [0.29, 0.717) is 19.3 Å². The van der Waals surface area contributed by atoms with E-state index in [2.05, 4.69) is 20.1 Å². The Hall–Kier alpha value is -2.25. The Kier molecular flexibility index (Phi) is 7.93. The summed E-state index contributed by atoms with van der Waals surface area (Å²) in [5.74, 6) is 0. The second kappa shape index (κ2) is 9.70. The average Bonchev–Trinajstić information content (AvgIpc) is 2.52. The van der Waals surface area contributed by atoms with Crippen molar-refractivity contribution in [3.8, 4) is 0 Å². The van der Waals surface area contributed by atoms with Gasteiger partial charge in [0.15, 0.2) is 0 Å². The van der Waals surface area contributed by atoms with Crippen LogP contribution in [0, 0.1) is 6.92 Å². The first kappa shape index (κ1) is 18.8. The van der Waals surface area contributed by atoms with Crippen LogP contribution in [0.3, 0.4) is 0 Å². The molecule has 0 radical (unpaired) electrons. The molecule has 10 heteroatoms. The Bertz CT molecular complexity index is 691.